The molecule has 27 heavy (non-hydrogen) atoms. The van der Waals surface area contributed by atoms with Gasteiger partial charge in [0.05, 0.1) is 19.2 Å². The van der Waals surface area contributed by atoms with Gasteiger partial charge < -0.3 is 15.0 Å². The van der Waals surface area contributed by atoms with Crippen LogP contribution in [-0.4, -0.2) is 32.0 Å². The highest BCUT2D eigenvalue weighted by Crippen LogP contribution is 2.33. The Morgan fingerprint density at radius 2 is 1.81 bits per heavy atom. The fraction of sp³-hybridized carbons (Fsp3) is 0.333. The molecule has 0 aliphatic rings. The Bertz CT molecular complexity index is 819. The number of halogens is 1. The van der Waals surface area contributed by atoms with Gasteiger partial charge in [0.2, 0.25) is 11.8 Å². The van der Waals surface area contributed by atoms with Crippen LogP contribution in [-0.2, 0) is 16.0 Å². The van der Waals surface area contributed by atoms with Gasteiger partial charge in [0.25, 0.3) is 0 Å². The summed E-state index contributed by atoms with van der Waals surface area (Å²) in [7, 11) is 1.53. The number of aryl methyl sites for hydroxylation is 2. The third-order valence-electron chi connectivity index (χ3n) is 4.27. The van der Waals surface area contributed by atoms with Crippen molar-refractivity contribution >= 4 is 29.1 Å². The van der Waals surface area contributed by atoms with Gasteiger partial charge in [0.15, 0.2) is 0 Å². The van der Waals surface area contributed by atoms with Gasteiger partial charge >= 0.3 is 0 Å². The van der Waals surface area contributed by atoms with E-state index in [-0.39, 0.29) is 11.8 Å². The van der Waals surface area contributed by atoms with Crippen LogP contribution in [0.1, 0.15) is 23.6 Å². The molecule has 0 unspecified atom stereocenters. The van der Waals surface area contributed by atoms with Crippen LogP contribution in [0.3, 0.4) is 0 Å². The first kappa shape index (κ1) is 20.8. The molecule has 0 radical (unpaired) electrons. The SMILES string of the molecule is COc1cc(Cl)c(C)cc1N(CCNC(=O)Cc1ccc(C)cc1)C(C)=O. The lowest BCUT2D eigenvalue weighted by molar-refractivity contribution is -0.121. The fourth-order valence-electron chi connectivity index (χ4n) is 2.73. The number of rotatable bonds is 7. The van der Waals surface area contributed by atoms with E-state index in [1.54, 1.807) is 11.0 Å². The summed E-state index contributed by atoms with van der Waals surface area (Å²) in [5, 5.41) is 3.44. The number of methoxy groups -OCH3 is 1. The summed E-state index contributed by atoms with van der Waals surface area (Å²) in [6.45, 7) is 6.04. The molecular formula is C21H25ClN2O3. The maximum absolute atomic E-state index is 12.2. The first-order chi connectivity index (χ1) is 12.8. The van der Waals surface area contributed by atoms with Crippen LogP contribution in [0.2, 0.25) is 5.02 Å². The van der Waals surface area contributed by atoms with E-state index in [0.717, 1.165) is 16.7 Å². The van der Waals surface area contributed by atoms with E-state index in [4.69, 9.17) is 16.3 Å². The van der Waals surface area contributed by atoms with Crippen molar-refractivity contribution < 1.29 is 14.3 Å². The van der Waals surface area contributed by atoms with Crippen LogP contribution in [0.4, 0.5) is 5.69 Å². The predicted molar refractivity (Wildman–Crippen MR) is 109 cm³/mol. The van der Waals surface area contributed by atoms with Crippen LogP contribution in [0.15, 0.2) is 36.4 Å². The van der Waals surface area contributed by atoms with Gasteiger partial charge in [0, 0.05) is 31.1 Å². The quantitative estimate of drug-likeness (QED) is 0.787. The van der Waals surface area contributed by atoms with Crippen molar-refractivity contribution in [3.05, 3.63) is 58.1 Å². The number of hydrogen-bond donors (Lipinski definition) is 1. The second kappa shape index (κ2) is 9.42. The lowest BCUT2D eigenvalue weighted by atomic mass is 10.1. The number of anilines is 1. The molecule has 0 aliphatic heterocycles. The van der Waals surface area contributed by atoms with E-state index in [0.29, 0.717) is 36.0 Å². The van der Waals surface area contributed by atoms with Gasteiger partial charge in [-0.15, -0.1) is 0 Å². The summed E-state index contributed by atoms with van der Waals surface area (Å²) >= 11 is 6.14. The number of nitrogens with one attached hydrogen (secondary N) is 1. The first-order valence-electron chi connectivity index (χ1n) is 8.76. The van der Waals surface area contributed by atoms with Crippen LogP contribution in [0.5, 0.6) is 5.75 Å². The average Bonchev–Trinajstić information content (AvgIpc) is 2.62. The van der Waals surface area contributed by atoms with Gasteiger partial charge in [-0.05, 0) is 31.0 Å². The molecular weight excluding hydrogens is 364 g/mol. The zero-order chi connectivity index (χ0) is 20.0. The summed E-state index contributed by atoms with van der Waals surface area (Å²) in [5.74, 6) is 0.302. The zero-order valence-electron chi connectivity index (χ0n) is 16.1. The standard InChI is InChI=1S/C21H25ClN2O3/c1-14-5-7-17(8-6-14)12-21(26)23-9-10-24(16(3)25)19-11-15(2)18(22)13-20(19)27-4/h5-8,11,13H,9-10,12H2,1-4H3,(H,23,26). The minimum absolute atomic E-state index is 0.0818. The van der Waals surface area contributed by atoms with Gasteiger partial charge in [-0.25, -0.2) is 0 Å². The van der Waals surface area contributed by atoms with Crippen LogP contribution in [0, 0.1) is 13.8 Å². The topological polar surface area (TPSA) is 58.6 Å². The highest BCUT2D eigenvalue weighted by atomic mass is 35.5. The summed E-state index contributed by atoms with van der Waals surface area (Å²) in [6.07, 6.45) is 0.309. The highest BCUT2D eigenvalue weighted by Gasteiger charge is 2.18. The fourth-order valence-corrected chi connectivity index (χ4v) is 2.88. The molecule has 0 aromatic heterocycles. The molecule has 0 saturated heterocycles. The Hall–Kier alpha value is -2.53. The Labute approximate surface area is 165 Å². The van der Waals surface area contributed by atoms with Crippen LogP contribution < -0.4 is 15.0 Å². The molecule has 0 fully saturated rings. The lowest BCUT2D eigenvalue weighted by Crippen LogP contribution is -2.38. The largest absolute Gasteiger partial charge is 0.495 e. The maximum atomic E-state index is 12.2. The van der Waals surface area contributed by atoms with Gasteiger partial charge in [-0.1, -0.05) is 41.4 Å². The molecule has 2 rings (SSSR count). The predicted octanol–water partition coefficient (Wildman–Crippen LogP) is 3.68. The molecule has 5 nitrogen and oxygen atoms in total. The number of carbonyl (C=O) groups excluding carboxylic acids is 2. The Balaban J connectivity index is 2.01. The summed E-state index contributed by atoms with van der Waals surface area (Å²) < 4.78 is 5.36. The average molecular weight is 389 g/mol. The Kier molecular flexibility index (Phi) is 7.25. The van der Waals surface area contributed by atoms with Gasteiger partial charge in [-0.3, -0.25) is 9.59 Å². The number of ether oxygens (including phenoxy) is 1. The van der Waals surface area contributed by atoms with E-state index >= 15 is 0 Å². The third-order valence-corrected chi connectivity index (χ3v) is 4.68. The van der Waals surface area contributed by atoms with Gasteiger partial charge in [0.1, 0.15) is 5.75 Å². The van der Waals surface area contributed by atoms with E-state index in [1.165, 1.54) is 14.0 Å². The van der Waals surface area contributed by atoms with Crippen molar-refractivity contribution in [2.45, 2.75) is 27.2 Å². The molecule has 2 amide bonds. The van der Waals surface area contributed by atoms with Crippen molar-refractivity contribution in [2.75, 3.05) is 25.1 Å². The monoisotopic (exact) mass is 388 g/mol. The molecule has 2 aromatic rings. The Morgan fingerprint density at radius 1 is 1.15 bits per heavy atom. The van der Waals surface area contributed by atoms with E-state index < -0.39 is 0 Å². The van der Waals surface area contributed by atoms with Crippen molar-refractivity contribution in [3.8, 4) is 5.75 Å². The van der Waals surface area contributed by atoms with Crippen molar-refractivity contribution in [2.24, 2.45) is 0 Å². The molecule has 0 heterocycles. The van der Waals surface area contributed by atoms with Crippen molar-refractivity contribution in [1.29, 1.82) is 0 Å². The van der Waals surface area contributed by atoms with Crippen molar-refractivity contribution in [1.82, 2.24) is 5.32 Å². The van der Waals surface area contributed by atoms with E-state index in [9.17, 15) is 9.59 Å². The minimum atomic E-state index is -0.136. The summed E-state index contributed by atoms with van der Waals surface area (Å²) in [5.41, 5.74) is 3.60. The zero-order valence-corrected chi connectivity index (χ0v) is 16.9. The lowest BCUT2D eigenvalue weighted by Gasteiger charge is -2.24. The Morgan fingerprint density at radius 3 is 2.41 bits per heavy atom. The summed E-state index contributed by atoms with van der Waals surface area (Å²) in [4.78, 5) is 25.9. The molecule has 144 valence electrons. The molecule has 1 N–H and O–H groups in total. The van der Waals surface area contributed by atoms with E-state index in [1.807, 2.05) is 44.2 Å². The second-order valence-electron chi connectivity index (χ2n) is 6.46. The molecule has 0 saturated carbocycles. The van der Waals surface area contributed by atoms with Crippen molar-refractivity contribution in [3.63, 3.8) is 0 Å². The maximum Gasteiger partial charge on any atom is 0.224 e. The summed E-state index contributed by atoms with van der Waals surface area (Å²) in [6, 6.07) is 11.4. The minimum Gasteiger partial charge on any atom is -0.495 e. The smallest absolute Gasteiger partial charge is 0.224 e. The van der Waals surface area contributed by atoms with Crippen LogP contribution >= 0.6 is 11.6 Å². The number of hydrogen-bond acceptors (Lipinski definition) is 3. The molecule has 2 aromatic carbocycles. The number of nitrogens with zero attached hydrogens (tertiary/aromatic N) is 1. The normalized spacial score (nSPS) is 10.4. The van der Waals surface area contributed by atoms with Gasteiger partial charge in [-0.2, -0.15) is 0 Å². The molecule has 0 bridgehead atoms. The first-order valence-corrected chi connectivity index (χ1v) is 9.14. The molecule has 0 spiro atoms. The number of amides is 2. The number of carbonyl (C=O) groups is 2. The molecule has 6 heteroatoms. The molecule has 0 atom stereocenters. The highest BCUT2D eigenvalue weighted by molar-refractivity contribution is 6.31. The molecule has 0 aliphatic carbocycles. The third kappa shape index (κ3) is 5.73. The number of benzene rings is 2. The van der Waals surface area contributed by atoms with Crippen LogP contribution in [0.25, 0.3) is 0 Å². The van der Waals surface area contributed by atoms with E-state index in [2.05, 4.69) is 5.32 Å². The second-order valence-corrected chi connectivity index (χ2v) is 6.86.